The standard InChI is InChI=1S/C13H19N5S/c1-5-11-16-12(14)8(2)13(17-11)18(4)6-10-9(3)15-7-19-10/h7H,5-6H2,1-4H3,(H2,14,16,17). The van der Waals surface area contributed by atoms with Gasteiger partial charge in [0.25, 0.3) is 0 Å². The number of hydrogen-bond acceptors (Lipinski definition) is 6. The molecule has 2 aromatic rings. The van der Waals surface area contributed by atoms with Crippen LogP contribution in [0.4, 0.5) is 11.6 Å². The Kier molecular flexibility index (Phi) is 3.99. The Morgan fingerprint density at radius 1 is 1.32 bits per heavy atom. The van der Waals surface area contributed by atoms with Crippen molar-refractivity contribution < 1.29 is 0 Å². The molecule has 0 aliphatic carbocycles. The van der Waals surface area contributed by atoms with Crippen molar-refractivity contribution in [3.8, 4) is 0 Å². The van der Waals surface area contributed by atoms with E-state index in [1.54, 1.807) is 11.3 Å². The van der Waals surface area contributed by atoms with Crippen LogP contribution in [0.2, 0.25) is 0 Å². The van der Waals surface area contributed by atoms with Gasteiger partial charge in [0.05, 0.1) is 17.7 Å². The minimum Gasteiger partial charge on any atom is -0.383 e. The van der Waals surface area contributed by atoms with Gasteiger partial charge < -0.3 is 10.6 Å². The zero-order valence-corrected chi connectivity index (χ0v) is 12.6. The lowest BCUT2D eigenvalue weighted by molar-refractivity contribution is 0.855. The highest BCUT2D eigenvalue weighted by atomic mass is 32.1. The molecule has 0 fully saturated rings. The lowest BCUT2D eigenvalue weighted by atomic mass is 10.2. The van der Waals surface area contributed by atoms with Gasteiger partial charge in [0.1, 0.15) is 17.5 Å². The Morgan fingerprint density at radius 2 is 2.05 bits per heavy atom. The van der Waals surface area contributed by atoms with Crippen molar-refractivity contribution >= 4 is 23.0 Å². The maximum Gasteiger partial charge on any atom is 0.137 e. The number of anilines is 2. The summed E-state index contributed by atoms with van der Waals surface area (Å²) in [5, 5.41) is 0. The van der Waals surface area contributed by atoms with Gasteiger partial charge in [0.15, 0.2) is 0 Å². The SMILES string of the molecule is CCc1nc(N)c(C)c(N(C)Cc2scnc2C)n1. The summed E-state index contributed by atoms with van der Waals surface area (Å²) in [6.45, 7) is 6.80. The average molecular weight is 277 g/mol. The molecule has 0 saturated heterocycles. The first-order valence-electron chi connectivity index (χ1n) is 6.26. The largest absolute Gasteiger partial charge is 0.383 e. The molecule has 0 bridgehead atoms. The smallest absolute Gasteiger partial charge is 0.137 e. The lowest BCUT2D eigenvalue weighted by Crippen LogP contribution is -2.20. The van der Waals surface area contributed by atoms with Crippen molar-refractivity contribution in [1.29, 1.82) is 0 Å². The van der Waals surface area contributed by atoms with E-state index in [0.29, 0.717) is 5.82 Å². The van der Waals surface area contributed by atoms with Crippen molar-refractivity contribution in [1.82, 2.24) is 15.0 Å². The summed E-state index contributed by atoms with van der Waals surface area (Å²) in [7, 11) is 2.02. The number of nitrogens with two attached hydrogens (primary N) is 1. The van der Waals surface area contributed by atoms with Crippen LogP contribution in [-0.4, -0.2) is 22.0 Å². The number of thiazole rings is 1. The van der Waals surface area contributed by atoms with Gasteiger partial charge in [-0.1, -0.05) is 6.92 Å². The van der Waals surface area contributed by atoms with Crippen LogP contribution < -0.4 is 10.6 Å². The highest BCUT2D eigenvalue weighted by Crippen LogP contribution is 2.24. The lowest BCUT2D eigenvalue weighted by Gasteiger charge is -2.21. The summed E-state index contributed by atoms with van der Waals surface area (Å²) in [6.07, 6.45) is 0.783. The minimum absolute atomic E-state index is 0.565. The van der Waals surface area contributed by atoms with Crippen LogP contribution in [0.25, 0.3) is 0 Å². The van der Waals surface area contributed by atoms with E-state index in [1.165, 1.54) is 4.88 Å². The van der Waals surface area contributed by atoms with E-state index in [0.717, 1.165) is 35.9 Å². The maximum atomic E-state index is 5.95. The van der Waals surface area contributed by atoms with Crippen molar-refractivity contribution in [3.63, 3.8) is 0 Å². The number of nitrogens with zero attached hydrogens (tertiary/aromatic N) is 4. The van der Waals surface area contributed by atoms with E-state index in [-0.39, 0.29) is 0 Å². The summed E-state index contributed by atoms with van der Waals surface area (Å²) >= 11 is 1.67. The normalized spacial score (nSPS) is 10.7. The van der Waals surface area contributed by atoms with E-state index in [9.17, 15) is 0 Å². The van der Waals surface area contributed by atoms with E-state index in [2.05, 4.69) is 19.9 Å². The molecule has 102 valence electrons. The zero-order chi connectivity index (χ0) is 14.0. The Morgan fingerprint density at radius 3 is 2.63 bits per heavy atom. The summed E-state index contributed by atoms with van der Waals surface area (Å²) < 4.78 is 0. The van der Waals surface area contributed by atoms with Crippen LogP contribution in [0.5, 0.6) is 0 Å². The van der Waals surface area contributed by atoms with Crippen molar-refractivity contribution in [2.45, 2.75) is 33.7 Å². The summed E-state index contributed by atoms with van der Waals surface area (Å²) in [5.74, 6) is 2.25. The first-order chi connectivity index (χ1) is 9.02. The summed E-state index contributed by atoms with van der Waals surface area (Å²) in [6, 6.07) is 0. The molecule has 6 heteroatoms. The molecular formula is C13H19N5S. The van der Waals surface area contributed by atoms with Crippen LogP contribution >= 0.6 is 11.3 Å². The fraction of sp³-hybridized carbons (Fsp3) is 0.462. The number of hydrogen-bond donors (Lipinski definition) is 1. The molecule has 2 heterocycles. The summed E-state index contributed by atoms with van der Waals surface area (Å²) in [4.78, 5) is 16.5. The Balaban J connectivity index is 2.30. The van der Waals surface area contributed by atoms with Crippen LogP contribution in [0.1, 0.15) is 28.9 Å². The molecule has 0 aliphatic rings. The van der Waals surface area contributed by atoms with Crippen LogP contribution in [0.15, 0.2) is 5.51 Å². The Labute approximate surface area is 117 Å². The average Bonchev–Trinajstić information content (AvgIpc) is 2.78. The zero-order valence-electron chi connectivity index (χ0n) is 11.8. The number of aryl methyl sites for hydroxylation is 2. The van der Waals surface area contributed by atoms with Gasteiger partial charge >= 0.3 is 0 Å². The highest BCUT2D eigenvalue weighted by molar-refractivity contribution is 7.09. The molecule has 0 unspecified atom stereocenters. The van der Waals surface area contributed by atoms with E-state index in [4.69, 9.17) is 5.73 Å². The Hall–Kier alpha value is -1.69. The van der Waals surface area contributed by atoms with Gasteiger partial charge in [0, 0.05) is 23.9 Å². The quantitative estimate of drug-likeness (QED) is 0.929. The highest BCUT2D eigenvalue weighted by Gasteiger charge is 2.14. The molecule has 0 saturated carbocycles. The second-order valence-electron chi connectivity index (χ2n) is 4.54. The molecule has 0 atom stereocenters. The molecule has 0 radical (unpaired) electrons. The number of rotatable bonds is 4. The van der Waals surface area contributed by atoms with E-state index < -0.39 is 0 Å². The van der Waals surface area contributed by atoms with Gasteiger partial charge in [-0.15, -0.1) is 11.3 Å². The molecule has 2 aromatic heterocycles. The van der Waals surface area contributed by atoms with Gasteiger partial charge in [-0.25, -0.2) is 15.0 Å². The molecule has 0 aliphatic heterocycles. The van der Waals surface area contributed by atoms with Crippen molar-refractivity contribution in [2.24, 2.45) is 0 Å². The summed E-state index contributed by atoms with van der Waals surface area (Å²) in [5.41, 5.74) is 9.83. The number of aromatic nitrogens is 3. The molecule has 19 heavy (non-hydrogen) atoms. The second-order valence-corrected chi connectivity index (χ2v) is 5.48. The van der Waals surface area contributed by atoms with Gasteiger partial charge in [-0.05, 0) is 13.8 Å². The third kappa shape index (κ3) is 2.84. The maximum absolute atomic E-state index is 5.95. The van der Waals surface area contributed by atoms with Crippen molar-refractivity contribution in [3.05, 3.63) is 27.5 Å². The van der Waals surface area contributed by atoms with E-state index >= 15 is 0 Å². The third-order valence-electron chi connectivity index (χ3n) is 3.11. The molecule has 0 spiro atoms. The van der Waals surface area contributed by atoms with Gasteiger partial charge in [-0.3, -0.25) is 0 Å². The Bertz CT molecular complexity index is 578. The third-order valence-corrected chi connectivity index (χ3v) is 4.03. The molecule has 0 amide bonds. The van der Waals surface area contributed by atoms with Crippen LogP contribution in [0.3, 0.4) is 0 Å². The monoisotopic (exact) mass is 277 g/mol. The predicted octanol–water partition coefficient (Wildman–Crippen LogP) is 2.33. The fourth-order valence-electron chi connectivity index (χ4n) is 1.87. The molecule has 2 N–H and O–H groups in total. The predicted molar refractivity (Wildman–Crippen MR) is 79.5 cm³/mol. The first-order valence-corrected chi connectivity index (χ1v) is 7.14. The van der Waals surface area contributed by atoms with Gasteiger partial charge in [0.2, 0.25) is 0 Å². The number of nitrogen functional groups attached to an aromatic ring is 1. The second kappa shape index (κ2) is 5.52. The van der Waals surface area contributed by atoms with E-state index in [1.807, 2.05) is 33.3 Å². The van der Waals surface area contributed by atoms with Crippen LogP contribution in [-0.2, 0) is 13.0 Å². The first kappa shape index (κ1) is 13.7. The minimum atomic E-state index is 0.565. The molecule has 2 rings (SSSR count). The molecule has 5 nitrogen and oxygen atoms in total. The molecule has 0 aromatic carbocycles. The fourth-order valence-corrected chi connectivity index (χ4v) is 2.70. The topological polar surface area (TPSA) is 67.9 Å². The van der Waals surface area contributed by atoms with Crippen molar-refractivity contribution in [2.75, 3.05) is 17.7 Å². The van der Waals surface area contributed by atoms with Gasteiger partial charge in [-0.2, -0.15) is 0 Å². The molecular weight excluding hydrogens is 258 g/mol. The van der Waals surface area contributed by atoms with Crippen LogP contribution in [0, 0.1) is 13.8 Å².